The molecule has 3 aromatic carbocycles. The first-order valence-electron chi connectivity index (χ1n) is 9.61. The molecule has 5 nitrogen and oxygen atoms in total. The van der Waals surface area contributed by atoms with Crippen molar-refractivity contribution in [1.29, 1.82) is 0 Å². The largest absolute Gasteiger partial charge is 0.493 e. The van der Waals surface area contributed by atoms with Gasteiger partial charge in [0, 0.05) is 23.2 Å². The molecule has 0 aliphatic rings. The molecule has 0 fully saturated rings. The second-order valence-corrected chi connectivity index (χ2v) is 7.70. The number of hydrogen-bond acceptors (Lipinski definition) is 4. The molecule has 0 amide bonds. The smallest absolute Gasteiger partial charge is 0.163 e. The molecule has 2 N–H and O–H groups in total. The third kappa shape index (κ3) is 4.93. The van der Waals surface area contributed by atoms with Crippen molar-refractivity contribution in [2.45, 2.75) is 19.7 Å². The number of nitrogens with one attached hydrogen (secondary N) is 2. The second kappa shape index (κ2) is 9.56. The minimum absolute atomic E-state index is 0.0398. The summed E-state index contributed by atoms with van der Waals surface area (Å²) in [6.45, 7) is 1.02. The number of rotatable bonds is 8. The topological polar surface area (TPSA) is 59.2 Å². The molecule has 0 spiro atoms. The van der Waals surface area contributed by atoms with E-state index in [0.717, 1.165) is 22.4 Å². The molecule has 0 unspecified atom stereocenters. The SMILES string of the molecule is COc1cc(CNCc2nc3ccccc3[nH]2)c(Cl)cc1OCc1c(F)cccc1Cl. The standard InChI is InChI=1S/C23H20Cl2FN3O2/c1-30-21-9-14(11-27-12-23-28-19-7-2-3-8-20(19)29-23)17(25)10-22(21)31-13-15-16(24)5-4-6-18(15)26/h2-10,27H,11-13H2,1H3,(H,28,29). The van der Waals surface area contributed by atoms with E-state index in [2.05, 4.69) is 15.3 Å². The summed E-state index contributed by atoms with van der Waals surface area (Å²) in [5.74, 6) is 1.32. The van der Waals surface area contributed by atoms with E-state index < -0.39 is 5.82 Å². The molecule has 31 heavy (non-hydrogen) atoms. The Bertz CT molecular complexity index is 1160. The Labute approximate surface area is 189 Å². The van der Waals surface area contributed by atoms with E-state index >= 15 is 0 Å². The van der Waals surface area contributed by atoms with Crippen LogP contribution >= 0.6 is 23.2 Å². The molecule has 4 aromatic rings. The number of benzene rings is 3. The van der Waals surface area contributed by atoms with Crippen LogP contribution in [0.15, 0.2) is 54.6 Å². The molecule has 0 atom stereocenters. The first-order valence-corrected chi connectivity index (χ1v) is 10.4. The van der Waals surface area contributed by atoms with Crippen molar-refractivity contribution in [2.75, 3.05) is 7.11 Å². The van der Waals surface area contributed by atoms with Gasteiger partial charge >= 0.3 is 0 Å². The molecule has 0 bridgehead atoms. The van der Waals surface area contributed by atoms with Crippen LogP contribution in [0.5, 0.6) is 11.5 Å². The van der Waals surface area contributed by atoms with Crippen molar-refractivity contribution < 1.29 is 13.9 Å². The molecular formula is C23H20Cl2FN3O2. The Morgan fingerprint density at radius 1 is 1.00 bits per heavy atom. The van der Waals surface area contributed by atoms with Gasteiger partial charge in [-0.05, 0) is 35.9 Å². The summed E-state index contributed by atoms with van der Waals surface area (Å²) in [5.41, 5.74) is 3.04. The number of hydrogen-bond donors (Lipinski definition) is 2. The summed E-state index contributed by atoms with van der Waals surface area (Å²) in [6, 6.07) is 15.8. The normalized spacial score (nSPS) is 11.1. The monoisotopic (exact) mass is 459 g/mol. The zero-order valence-corrected chi connectivity index (χ0v) is 18.2. The van der Waals surface area contributed by atoms with E-state index in [1.165, 1.54) is 13.2 Å². The van der Waals surface area contributed by atoms with Gasteiger partial charge in [0.1, 0.15) is 18.2 Å². The van der Waals surface area contributed by atoms with Crippen molar-refractivity contribution in [1.82, 2.24) is 15.3 Å². The van der Waals surface area contributed by atoms with Gasteiger partial charge in [0.2, 0.25) is 0 Å². The van der Waals surface area contributed by atoms with Crippen LogP contribution in [0.2, 0.25) is 10.0 Å². The number of aromatic amines is 1. The Hall–Kier alpha value is -2.80. The number of fused-ring (bicyclic) bond motifs is 1. The summed E-state index contributed by atoms with van der Waals surface area (Å²) < 4.78 is 25.2. The lowest BCUT2D eigenvalue weighted by Gasteiger charge is -2.15. The third-order valence-corrected chi connectivity index (χ3v) is 5.52. The van der Waals surface area contributed by atoms with Crippen molar-refractivity contribution in [2.24, 2.45) is 0 Å². The fourth-order valence-electron chi connectivity index (χ4n) is 3.21. The van der Waals surface area contributed by atoms with Crippen molar-refractivity contribution in [3.63, 3.8) is 0 Å². The van der Waals surface area contributed by atoms with E-state index in [1.807, 2.05) is 24.3 Å². The quantitative estimate of drug-likeness (QED) is 0.345. The number of imidazole rings is 1. The van der Waals surface area contributed by atoms with Gasteiger partial charge in [0.15, 0.2) is 11.5 Å². The fraction of sp³-hybridized carbons (Fsp3) is 0.174. The third-order valence-electron chi connectivity index (χ3n) is 4.81. The summed E-state index contributed by atoms with van der Waals surface area (Å²) in [6.07, 6.45) is 0. The molecule has 160 valence electrons. The van der Waals surface area contributed by atoms with Crippen LogP contribution in [-0.2, 0) is 19.7 Å². The lowest BCUT2D eigenvalue weighted by atomic mass is 10.2. The van der Waals surface area contributed by atoms with E-state index in [9.17, 15) is 4.39 Å². The van der Waals surface area contributed by atoms with Crippen LogP contribution in [0.4, 0.5) is 4.39 Å². The van der Waals surface area contributed by atoms with Crippen molar-refractivity contribution >= 4 is 34.2 Å². The number of para-hydroxylation sites is 2. The minimum atomic E-state index is -0.427. The summed E-state index contributed by atoms with van der Waals surface area (Å²) in [4.78, 5) is 7.82. The molecule has 1 heterocycles. The maximum Gasteiger partial charge on any atom is 0.163 e. The van der Waals surface area contributed by atoms with Gasteiger partial charge in [-0.15, -0.1) is 0 Å². The zero-order chi connectivity index (χ0) is 21.8. The number of nitrogens with zero attached hydrogens (tertiary/aromatic N) is 1. The van der Waals surface area contributed by atoms with Crippen LogP contribution in [0, 0.1) is 5.82 Å². The molecule has 8 heteroatoms. The molecule has 1 aromatic heterocycles. The van der Waals surface area contributed by atoms with Crippen LogP contribution in [0.25, 0.3) is 11.0 Å². The zero-order valence-electron chi connectivity index (χ0n) is 16.7. The maximum atomic E-state index is 14.0. The van der Waals surface area contributed by atoms with Gasteiger partial charge in [0.05, 0.1) is 29.7 Å². The molecule has 0 radical (unpaired) electrons. The Morgan fingerprint density at radius 3 is 2.61 bits per heavy atom. The fourth-order valence-corrected chi connectivity index (χ4v) is 3.65. The van der Waals surface area contributed by atoms with Gasteiger partial charge in [-0.1, -0.05) is 41.4 Å². The number of methoxy groups -OCH3 is 1. The Morgan fingerprint density at radius 2 is 1.84 bits per heavy atom. The van der Waals surface area contributed by atoms with Gasteiger partial charge in [-0.3, -0.25) is 0 Å². The summed E-state index contributed by atoms with van der Waals surface area (Å²) >= 11 is 12.5. The minimum Gasteiger partial charge on any atom is -0.493 e. The summed E-state index contributed by atoms with van der Waals surface area (Å²) in [7, 11) is 1.54. The van der Waals surface area contributed by atoms with E-state index in [-0.39, 0.29) is 12.2 Å². The number of H-pyrrole nitrogens is 1. The second-order valence-electron chi connectivity index (χ2n) is 6.89. The predicted molar refractivity (Wildman–Crippen MR) is 120 cm³/mol. The lowest BCUT2D eigenvalue weighted by molar-refractivity contribution is 0.279. The highest BCUT2D eigenvalue weighted by molar-refractivity contribution is 6.31. The Kier molecular flexibility index (Phi) is 6.61. The van der Waals surface area contributed by atoms with E-state index in [1.54, 1.807) is 24.3 Å². The molecule has 4 rings (SSSR count). The molecule has 0 saturated heterocycles. The first-order chi connectivity index (χ1) is 15.0. The maximum absolute atomic E-state index is 14.0. The highest BCUT2D eigenvalue weighted by atomic mass is 35.5. The van der Waals surface area contributed by atoms with Gasteiger partial charge < -0.3 is 19.8 Å². The van der Waals surface area contributed by atoms with Gasteiger partial charge in [-0.2, -0.15) is 0 Å². The molecular weight excluding hydrogens is 440 g/mol. The lowest BCUT2D eigenvalue weighted by Crippen LogP contribution is -2.14. The molecule has 0 saturated carbocycles. The van der Waals surface area contributed by atoms with E-state index in [0.29, 0.717) is 34.6 Å². The number of aromatic nitrogens is 2. The average Bonchev–Trinajstić information content (AvgIpc) is 3.17. The predicted octanol–water partition coefficient (Wildman–Crippen LogP) is 5.89. The van der Waals surface area contributed by atoms with Crippen LogP contribution < -0.4 is 14.8 Å². The van der Waals surface area contributed by atoms with Gasteiger partial charge in [-0.25, -0.2) is 9.37 Å². The molecule has 0 aliphatic carbocycles. The van der Waals surface area contributed by atoms with E-state index in [4.69, 9.17) is 32.7 Å². The van der Waals surface area contributed by atoms with Crippen LogP contribution in [0.1, 0.15) is 17.0 Å². The van der Waals surface area contributed by atoms with Gasteiger partial charge in [0.25, 0.3) is 0 Å². The Balaban J connectivity index is 1.43. The average molecular weight is 460 g/mol. The highest BCUT2D eigenvalue weighted by Gasteiger charge is 2.14. The van der Waals surface area contributed by atoms with Crippen molar-refractivity contribution in [3.05, 3.63) is 87.4 Å². The van der Waals surface area contributed by atoms with Crippen LogP contribution in [0.3, 0.4) is 0 Å². The number of halogens is 3. The van der Waals surface area contributed by atoms with Crippen molar-refractivity contribution in [3.8, 4) is 11.5 Å². The van der Waals surface area contributed by atoms with Crippen LogP contribution in [-0.4, -0.2) is 17.1 Å². The summed E-state index contributed by atoms with van der Waals surface area (Å²) in [5, 5.41) is 4.13. The highest BCUT2D eigenvalue weighted by Crippen LogP contribution is 2.34. The first kappa shape index (κ1) is 21.4. The number of ether oxygens (including phenoxy) is 2. The molecule has 0 aliphatic heterocycles.